The molecule has 0 saturated carbocycles. The van der Waals surface area contributed by atoms with Crippen molar-refractivity contribution in [2.45, 2.75) is 6.92 Å². The minimum atomic E-state index is -0.859. The Morgan fingerprint density at radius 2 is 1.83 bits per heavy atom. The molecule has 1 N–H and O–H groups in total. The molecule has 0 spiro atoms. The van der Waals surface area contributed by atoms with Crippen molar-refractivity contribution in [3.63, 3.8) is 0 Å². The van der Waals surface area contributed by atoms with E-state index in [-0.39, 0.29) is 11.3 Å². The number of allylic oxidation sites excluding steroid dienone is 2. The van der Waals surface area contributed by atoms with E-state index >= 15 is 0 Å². The number of pyridine rings is 1. The van der Waals surface area contributed by atoms with E-state index < -0.39 is 17.5 Å². The Kier molecular flexibility index (Phi) is 6.37. The van der Waals surface area contributed by atoms with Crippen LogP contribution in [-0.2, 0) is 0 Å². The van der Waals surface area contributed by atoms with Crippen LogP contribution in [-0.4, -0.2) is 17.0 Å². The lowest BCUT2D eigenvalue weighted by Gasteiger charge is -2.16. The summed E-state index contributed by atoms with van der Waals surface area (Å²) in [6.07, 6.45) is 5.22. The van der Waals surface area contributed by atoms with Crippen molar-refractivity contribution in [1.29, 1.82) is 0 Å². The maximum absolute atomic E-state index is 14.9. The van der Waals surface area contributed by atoms with Gasteiger partial charge in [-0.3, -0.25) is 4.98 Å². The van der Waals surface area contributed by atoms with Crippen molar-refractivity contribution < 1.29 is 13.2 Å². The van der Waals surface area contributed by atoms with Crippen molar-refractivity contribution in [2.75, 3.05) is 17.3 Å². The van der Waals surface area contributed by atoms with Crippen LogP contribution in [0.1, 0.15) is 18.1 Å². The van der Waals surface area contributed by atoms with Gasteiger partial charge < -0.3 is 10.2 Å². The van der Waals surface area contributed by atoms with E-state index in [1.54, 1.807) is 36.4 Å². The van der Waals surface area contributed by atoms with Gasteiger partial charge in [0.25, 0.3) is 0 Å². The number of nitrogens with zero attached hydrogens (tertiary/aromatic N) is 3. The van der Waals surface area contributed by atoms with Gasteiger partial charge in [0.2, 0.25) is 0 Å². The third-order valence-corrected chi connectivity index (χ3v) is 5.08. The van der Waals surface area contributed by atoms with E-state index in [0.717, 1.165) is 17.5 Å². The molecule has 4 nitrogen and oxygen atoms in total. The topological polar surface area (TPSA) is 41.1 Å². The quantitative estimate of drug-likeness (QED) is 0.462. The molecule has 0 atom stereocenters. The van der Waals surface area contributed by atoms with Crippen molar-refractivity contribution in [2.24, 2.45) is 0 Å². The summed E-state index contributed by atoms with van der Waals surface area (Å²) in [7, 11) is 1.82. The molecule has 2 aromatic heterocycles. The smallest absolute Gasteiger partial charge is 0.189 e. The standard InChI is InChI=1S/C22H19F3N4S/c1-13(2)17(12-29(4)22-27-7-8-30-22)16-6-5-15(9-18(16)23)28-14(3)21-19(24)10-26-11-20(21)25/h5-12,28H,1,3H2,2,4H3/b17-12+. The highest BCUT2D eigenvalue weighted by Gasteiger charge is 2.15. The maximum Gasteiger partial charge on any atom is 0.189 e. The van der Waals surface area contributed by atoms with Crippen LogP contribution in [0.25, 0.3) is 11.3 Å². The lowest BCUT2D eigenvalue weighted by molar-refractivity contribution is 0.567. The molecule has 0 aliphatic rings. The largest absolute Gasteiger partial charge is 0.355 e. The first-order valence-corrected chi connectivity index (χ1v) is 9.71. The first-order valence-electron chi connectivity index (χ1n) is 8.83. The predicted molar refractivity (Wildman–Crippen MR) is 117 cm³/mol. The molecule has 0 bridgehead atoms. The Labute approximate surface area is 176 Å². The van der Waals surface area contributed by atoms with E-state index in [0.29, 0.717) is 22.4 Å². The van der Waals surface area contributed by atoms with E-state index in [9.17, 15) is 13.2 Å². The summed E-state index contributed by atoms with van der Waals surface area (Å²) < 4.78 is 42.7. The van der Waals surface area contributed by atoms with Crippen LogP contribution in [0.15, 0.2) is 67.1 Å². The van der Waals surface area contributed by atoms with E-state index in [1.165, 1.54) is 17.4 Å². The molecule has 1 aromatic carbocycles. The van der Waals surface area contributed by atoms with Crippen LogP contribution in [0.3, 0.4) is 0 Å². The van der Waals surface area contributed by atoms with Gasteiger partial charge in [0.05, 0.1) is 18.0 Å². The minimum absolute atomic E-state index is 0.0429. The van der Waals surface area contributed by atoms with Gasteiger partial charge in [-0.1, -0.05) is 13.2 Å². The van der Waals surface area contributed by atoms with Gasteiger partial charge in [0, 0.05) is 47.3 Å². The number of halogens is 3. The Balaban J connectivity index is 1.88. The molecular formula is C22H19F3N4S. The van der Waals surface area contributed by atoms with Gasteiger partial charge in [-0.2, -0.15) is 0 Å². The highest BCUT2D eigenvalue weighted by Crippen LogP contribution is 2.30. The van der Waals surface area contributed by atoms with Crippen molar-refractivity contribution >= 4 is 33.4 Å². The van der Waals surface area contributed by atoms with Crippen LogP contribution < -0.4 is 10.2 Å². The average molecular weight is 428 g/mol. The van der Waals surface area contributed by atoms with Crippen LogP contribution in [0, 0.1) is 17.5 Å². The van der Waals surface area contributed by atoms with E-state index in [2.05, 4.69) is 28.4 Å². The fraction of sp³-hybridized carbons (Fsp3) is 0.0909. The van der Waals surface area contributed by atoms with Crippen LogP contribution in [0.5, 0.6) is 0 Å². The lowest BCUT2D eigenvalue weighted by atomic mass is 10.00. The number of hydrogen-bond acceptors (Lipinski definition) is 5. The number of anilines is 2. The summed E-state index contributed by atoms with van der Waals surface area (Å²) >= 11 is 1.45. The highest BCUT2D eigenvalue weighted by atomic mass is 32.1. The zero-order chi connectivity index (χ0) is 21.8. The number of hydrogen-bond donors (Lipinski definition) is 1. The molecule has 3 rings (SSSR count). The Morgan fingerprint density at radius 3 is 2.40 bits per heavy atom. The van der Waals surface area contributed by atoms with Gasteiger partial charge >= 0.3 is 0 Å². The molecule has 2 heterocycles. The van der Waals surface area contributed by atoms with Crippen LogP contribution in [0.4, 0.5) is 24.0 Å². The second-order valence-electron chi connectivity index (χ2n) is 6.53. The second kappa shape index (κ2) is 8.96. The summed E-state index contributed by atoms with van der Waals surface area (Å²) in [5, 5.41) is 5.34. The second-order valence-corrected chi connectivity index (χ2v) is 7.40. The first-order chi connectivity index (χ1) is 14.3. The summed E-state index contributed by atoms with van der Waals surface area (Å²) in [5.74, 6) is -2.24. The van der Waals surface area contributed by atoms with Crippen molar-refractivity contribution in [3.05, 3.63) is 95.7 Å². The number of benzene rings is 1. The number of nitrogens with one attached hydrogen (secondary N) is 1. The molecule has 0 fully saturated rings. The summed E-state index contributed by atoms with van der Waals surface area (Å²) in [5.41, 5.74) is 1.51. The third kappa shape index (κ3) is 4.60. The molecule has 0 aliphatic heterocycles. The number of thiazole rings is 1. The average Bonchev–Trinajstić information content (AvgIpc) is 3.21. The maximum atomic E-state index is 14.9. The van der Waals surface area contributed by atoms with Crippen molar-refractivity contribution in [3.8, 4) is 0 Å². The molecule has 0 unspecified atom stereocenters. The summed E-state index contributed by atoms with van der Waals surface area (Å²) in [6, 6.07) is 4.40. The van der Waals surface area contributed by atoms with E-state index in [1.807, 2.05) is 12.4 Å². The van der Waals surface area contributed by atoms with Crippen LogP contribution in [0.2, 0.25) is 0 Å². The lowest BCUT2D eigenvalue weighted by Crippen LogP contribution is -2.09. The molecule has 154 valence electrons. The molecule has 0 radical (unpaired) electrons. The molecule has 30 heavy (non-hydrogen) atoms. The van der Waals surface area contributed by atoms with Gasteiger partial charge in [-0.05, 0) is 30.7 Å². The van der Waals surface area contributed by atoms with Gasteiger partial charge in [0.1, 0.15) is 5.82 Å². The van der Waals surface area contributed by atoms with Crippen molar-refractivity contribution in [1.82, 2.24) is 9.97 Å². The predicted octanol–water partition coefficient (Wildman–Crippen LogP) is 6.09. The fourth-order valence-corrected chi connectivity index (χ4v) is 3.38. The Morgan fingerprint density at radius 1 is 1.13 bits per heavy atom. The normalized spacial score (nSPS) is 11.3. The zero-order valence-corrected chi connectivity index (χ0v) is 17.2. The molecule has 0 saturated heterocycles. The first kappa shape index (κ1) is 21.3. The summed E-state index contributed by atoms with van der Waals surface area (Å²) in [4.78, 5) is 9.45. The van der Waals surface area contributed by atoms with Gasteiger partial charge in [-0.15, -0.1) is 11.3 Å². The molecule has 0 amide bonds. The molecular weight excluding hydrogens is 409 g/mol. The molecule has 3 aromatic rings. The van der Waals surface area contributed by atoms with E-state index in [4.69, 9.17) is 0 Å². The minimum Gasteiger partial charge on any atom is -0.355 e. The third-order valence-electron chi connectivity index (χ3n) is 4.21. The fourth-order valence-electron chi connectivity index (χ4n) is 2.80. The molecule has 0 aliphatic carbocycles. The Hall–Kier alpha value is -3.39. The zero-order valence-electron chi connectivity index (χ0n) is 16.4. The number of aromatic nitrogens is 2. The highest BCUT2D eigenvalue weighted by molar-refractivity contribution is 7.13. The van der Waals surface area contributed by atoms with Gasteiger partial charge in [-0.25, -0.2) is 18.2 Å². The monoisotopic (exact) mass is 428 g/mol. The summed E-state index contributed by atoms with van der Waals surface area (Å²) in [6.45, 7) is 9.37. The SMILES string of the molecule is C=C(C)/C(=C\N(C)c1nccs1)c1ccc(NC(=C)c2c(F)cncc2F)cc1F. The number of rotatable bonds is 7. The Bertz CT molecular complexity index is 1100. The van der Waals surface area contributed by atoms with Gasteiger partial charge in [0.15, 0.2) is 16.8 Å². The van der Waals surface area contributed by atoms with Crippen LogP contribution >= 0.6 is 11.3 Å². The molecule has 8 heteroatoms.